The Labute approximate surface area is 132 Å². The molecule has 3 rings (SSSR count). The van der Waals surface area contributed by atoms with E-state index in [-0.39, 0.29) is 15.6 Å². The van der Waals surface area contributed by atoms with Gasteiger partial charge in [0.2, 0.25) is 0 Å². The second kappa shape index (κ2) is 5.58. The normalized spacial score (nSPS) is 14.9. The van der Waals surface area contributed by atoms with E-state index in [1.807, 2.05) is 18.2 Å². The summed E-state index contributed by atoms with van der Waals surface area (Å²) < 4.78 is 0. The molecule has 2 aromatic rings. The van der Waals surface area contributed by atoms with Crippen molar-refractivity contribution in [3.8, 4) is 0 Å². The van der Waals surface area contributed by atoms with Crippen molar-refractivity contribution in [1.82, 2.24) is 0 Å². The fraction of sp³-hybridized carbons (Fsp3) is 0.188. The molecule has 1 aliphatic rings. The van der Waals surface area contributed by atoms with Gasteiger partial charge in [0.05, 0.1) is 15.6 Å². The van der Waals surface area contributed by atoms with Crippen LogP contribution in [0.3, 0.4) is 0 Å². The average molecular weight is 322 g/mol. The van der Waals surface area contributed by atoms with Gasteiger partial charge in [-0.2, -0.15) is 0 Å². The van der Waals surface area contributed by atoms with Crippen LogP contribution in [0.5, 0.6) is 0 Å². The molecule has 2 aromatic carbocycles. The second-order valence-electron chi connectivity index (χ2n) is 5.10. The molecule has 0 bridgehead atoms. The zero-order valence-corrected chi connectivity index (χ0v) is 12.6. The number of aromatic carboxylic acids is 1. The van der Waals surface area contributed by atoms with E-state index >= 15 is 0 Å². The van der Waals surface area contributed by atoms with Crippen LogP contribution in [-0.4, -0.2) is 24.2 Å². The molecule has 0 aromatic heterocycles. The summed E-state index contributed by atoms with van der Waals surface area (Å²) in [5.41, 5.74) is 2.14. The number of nitrogens with zero attached hydrogens (tertiary/aromatic N) is 1. The molecule has 5 heteroatoms. The Bertz CT molecular complexity index is 659. The fourth-order valence-corrected chi connectivity index (χ4v) is 3.21. The molecule has 21 heavy (non-hydrogen) atoms. The lowest BCUT2D eigenvalue weighted by Gasteiger charge is -2.41. The van der Waals surface area contributed by atoms with Crippen LogP contribution >= 0.6 is 23.2 Å². The minimum absolute atomic E-state index is 0.0396. The predicted molar refractivity (Wildman–Crippen MR) is 84.8 cm³/mol. The third-order valence-electron chi connectivity index (χ3n) is 3.76. The topological polar surface area (TPSA) is 40.5 Å². The number of carbonyl (C=O) groups is 1. The van der Waals surface area contributed by atoms with Crippen LogP contribution in [0.15, 0.2) is 42.5 Å². The number of carboxylic acids is 1. The highest BCUT2D eigenvalue weighted by atomic mass is 35.5. The highest BCUT2D eigenvalue weighted by Crippen LogP contribution is 2.36. The number of carboxylic acid groups (broad SMARTS) is 1. The second-order valence-corrected chi connectivity index (χ2v) is 5.92. The fourth-order valence-electron chi connectivity index (χ4n) is 2.57. The lowest BCUT2D eigenvalue weighted by molar-refractivity contribution is 0.0697. The number of halogens is 2. The Morgan fingerprint density at radius 1 is 1.10 bits per heavy atom. The van der Waals surface area contributed by atoms with Crippen molar-refractivity contribution in [2.75, 3.05) is 18.0 Å². The zero-order chi connectivity index (χ0) is 15.0. The maximum absolute atomic E-state index is 11.1. The highest BCUT2D eigenvalue weighted by Gasteiger charge is 2.29. The van der Waals surface area contributed by atoms with E-state index < -0.39 is 5.97 Å². The van der Waals surface area contributed by atoms with Crippen molar-refractivity contribution in [3.63, 3.8) is 0 Å². The van der Waals surface area contributed by atoms with Gasteiger partial charge in [-0.15, -0.1) is 0 Å². The summed E-state index contributed by atoms with van der Waals surface area (Å²) in [4.78, 5) is 13.2. The first-order chi connectivity index (χ1) is 10.1. The largest absolute Gasteiger partial charge is 0.478 e. The van der Waals surface area contributed by atoms with Gasteiger partial charge in [-0.3, -0.25) is 0 Å². The smallest absolute Gasteiger partial charge is 0.338 e. The molecule has 1 saturated heterocycles. The van der Waals surface area contributed by atoms with Gasteiger partial charge in [-0.25, -0.2) is 4.79 Å². The molecule has 0 saturated carbocycles. The summed E-state index contributed by atoms with van der Waals surface area (Å²) >= 11 is 12.0. The summed E-state index contributed by atoms with van der Waals surface area (Å²) in [6.07, 6.45) is 0. The van der Waals surface area contributed by atoms with Crippen molar-refractivity contribution in [2.24, 2.45) is 0 Å². The van der Waals surface area contributed by atoms with Gasteiger partial charge in [0, 0.05) is 24.7 Å². The molecule has 0 unspecified atom stereocenters. The Balaban J connectivity index is 1.77. The van der Waals surface area contributed by atoms with Gasteiger partial charge < -0.3 is 10.0 Å². The summed E-state index contributed by atoms with van der Waals surface area (Å²) in [7, 11) is 0. The third-order valence-corrected chi connectivity index (χ3v) is 4.35. The monoisotopic (exact) mass is 321 g/mol. The lowest BCUT2D eigenvalue weighted by Crippen LogP contribution is -2.45. The van der Waals surface area contributed by atoms with Gasteiger partial charge in [0.25, 0.3) is 0 Å². The van der Waals surface area contributed by atoms with Gasteiger partial charge >= 0.3 is 5.97 Å². The number of rotatable bonds is 3. The maximum Gasteiger partial charge on any atom is 0.338 e. The molecule has 3 nitrogen and oxygen atoms in total. The summed E-state index contributed by atoms with van der Waals surface area (Å²) in [6.45, 7) is 1.76. The molecule has 0 radical (unpaired) electrons. The number of hydrogen-bond acceptors (Lipinski definition) is 2. The van der Waals surface area contributed by atoms with Crippen molar-refractivity contribution in [3.05, 3.63) is 63.6 Å². The van der Waals surface area contributed by atoms with E-state index in [0.717, 1.165) is 18.8 Å². The first-order valence-electron chi connectivity index (χ1n) is 6.58. The van der Waals surface area contributed by atoms with Crippen molar-refractivity contribution in [1.29, 1.82) is 0 Å². The number of hydrogen-bond donors (Lipinski definition) is 1. The first-order valence-corrected chi connectivity index (χ1v) is 7.34. The Morgan fingerprint density at radius 3 is 2.19 bits per heavy atom. The van der Waals surface area contributed by atoms with Gasteiger partial charge in [0.1, 0.15) is 0 Å². The molecule has 1 heterocycles. The van der Waals surface area contributed by atoms with Crippen LogP contribution in [0, 0.1) is 0 Å². The standard InChI is InChI=1S/C16H13Cl2NO2/c17-13-6-12(7-14(18)15(13)16(20)21)19-8-11(9-19)10-4-2-1-3-5-10/h1-7,11H,8-9H2,(H,20,21). The summed E-state index contributed by atoms with van der Waals surface area (Å²) in [5, 5.41) is 9.40. The molecule has 1 fully saturated rings. The molecule has 108 valence electrons. The van der Waals surface area contributed by atoms with Crippen molar-refractivity contribution >= 4 is 34.9 Å². The predicted octanol–water partition coefficient (Wildman–Crippen LogP) is 4.30. The maximum atomic E-state index is 11.1. The van der Waals surface area contributed by atoms with Crippen molar-refractivity contribution < 1.29 is 9.90 Å². The van der Waals surface area contributed by atoms with E-state index in [1.54, 1.807) is 12.1 Å². The molecule has 1 N–H and O–H groups in total. The van der Waals surface area contributed by atoms with E-state index in [4.69, 9.17) is 28.3 Å². The lowest BCUT2D eigenvalue weighted by atomic mass is 9.91. The molecule has 0 amide bonds. The van der Waals surface area contributed by atoms with Gasteiger partial charge in [-0.05, 0) is 17.7 Å². The van der Waals surface area contributed by atoms with Crippen LogP contribution in [-0.2, 0) is 0 Å². The number of anilines is 1. The van der Waals surface area contributed by atoms with E-state index in [0.29, 0.717) is 5.92 Å². The van der Waals surface area contributed by atoms with Crippen LogP contribution in [0.4, 0.5) is 5.69 Å². The molecule has 0 spiro atoms. The quantitative estimate of drug-likeness (QED) is 0.916. The van der Waals surface area contributed by atoms with E-state index in [1.165, 1.54) is 5.56 Å². The Hall–Kier alpha value is -1.71. The number of benzene rings is 2. The zero-order valence-electron chi connectivity index (χ0n) is 11.1. The summed E-state index contributed by atoms with van der Waals surface area (Å²) in [5.74, 6) is -0.620. The van der Waals surface area contributed by atoms with Crippen LogP contribution in [0.1, 0.15) is 21.8 Å². The highest BCUT2D eigenvalue weighted by molar-refractivity contribution is 6.39. The third kappa shape index (κ3) is 2.71. The van der Waals surface area contributed by atoms with Gasteiger partial charge in [0.15, 0.2) is 0 Å². The van der Waals surface area contributed by atoms with Crippen LogP contribution in [0.2, 0.25) is 10.0 Å². The molecular formula is C16H13Cl2NO2. The first kappa shape index (κ1) is 14.2. The minimum Gasteiger partial charge on any atom is -0.478 e. The van der Waals surface area contributed by atoms with Gasteiger partial charge in [-0.1, -0.05) is 53.5 Å². The van der Waals surface area contributed by atoms with Crippen molar-refractivity contribution in [2.45, 2.75) is 5.92 Å². The van der Waals surface area contributed by atoms with Crippen LogP contribution < -0.4 is 4.90 Å². The minimum atomic E-state index is -1.11. The molecular weight excluding hydrogens is 309 g/mol. The summed E-state index contributed by atoms with van der Waals surface area (Å²) in [6, 6.07) is 13.6. The Kier molecular flexibility index (Phi) is 3.79. The van der Waals surface area contributed by atoms with Crippen LogP contribution in [0.25, 0.3) is 0 Å². The van der Waals surface area contributed by atoms with E-state index in [2.05, 4.69) is 17.0 Å². The van der Waals surface area contributed by atoms with E-state index in [9.17, 15) is 4.79 Å². The molecule has 1 aliphatic heterocycles. The molecule has 0 aliphatic carbocycles. The SMILES string of the molecule is O=C(O)c1c(Cl)cc(N2CC(c3ccccc3)C2)cc1Cl. The molecule has 0 atom stereocenters. The Morgan fingerprint density at radius 2 is 1.67 bits per heavy atom. The average Bonchev–Trinajstić information content (AvgIpc) is 2.37.